The molecule has 1 atom stereocenters. The Bertz CT molecular complexity index is 1460. The molecule has 0 spiro atoms. The highest BCUT2D eigenvalue weighted by molar-refractivity contribution is 5.85. The van der Waals surface area contributed by atoms with Crippen LogP contribution in [0.25, 0.3) is 22.5 Å². The van der Waals surface area contributed by atoms with Crippen molar-refractivity contribution in [2.24, 2.45) is 11.7 Å². The summed E-state index contributed by atoms with van der Waals surface area (Å²) < 4.78 is 22.0. The van der Waals surface area contributed by atoms with Crippen LogP contribution in [0.4, 0.5) is 21.7 Å². The van der Waals surface area contributed by atoms with Gasteiger partial charge in [0.05, 0.1) is 18.9 Å². The van der Waals surface area contributed by atoms with Gasteiger partial charge in [0.25, 0.3) is 0 Å². The van der Waals surface area contributed by atoms with Gasteiger partial charge in [-0.2, -0.15) is 5.10 Å². The molecule has 0 saturated carbocycles. The fraction of sp³-hybridized carbons (Fsp3) is 0.357. The lowest BCUT2D eigenvalue weighted by Crippen LogP contribution is -2.44. The summed E-state index contributed by atoms with van der Waals surface area (Å²) in [6.45, 7) is 4.64. The normalized spacial score (nSPS) is 17.2. The maximum atomic E-state index is 14.7. The minimum Gasteiger partial charge on any atom is -0.496 e. The molecule has 0 radical (unpaired) electrons. The number of benzene rings is 1. The average molecular weight is 566 g/mol. The molecule has 2 fully saturated rings. The van der Waals surface area contributed by atoms with Crippen molar-refractivity contribution in [3.63, 3.8) is 0 Å². The molecule has 2 aliphatic heterocycles. The second kappa shape index (κ2) is 12.2. The first-order valence-corrected chi connectivity index (χ1v) is 13.2. The van der Waals surface area contributed by atoms with E-state index in [0.717, 1.165) is 62.4 Å². The summed E-state index contributed by atoms with van der Waals surface area (Å²) in [6, 6.07) is 8.50. The number of nitrogens with two attached hydrogens (primary N) is 1. The van der Waals surface area contributed by atoms with Crippen molar-refractivity contribution in [3.8, 4) is 28.3 Å². The Morgan fingerprint density at radius 3 is 2.83 bits per heavy atom. The highest BCUT2D eigenvalue weighted by Gasteiger charge is 2.23. The lowest BCUT2D eigenvalue weighted by atomic mass is 10.0. The van der Waals surface area contributed by atoms with E-state index in [1.165, 1.54) is 13.2 Å². The van der Waals surface area contributed by atoms with Crippen LogP contribution in [0.15, 0.2) is 55.1 Å². The largest absolute Gasteiger partial charge is 0.496 e. The second-order valence-electron chi connectivity index (χ2n) is 10.1. The van der Waals surface area contributed by atoms with Crippen LogP contribution in [-0.2, 0) is 6.54 Å². The molecule has 10 nitrogen and oxygen atoms in total. The summed E-state index contributed by atoms with van der Waals surface area (Å²) >= 11 is 0. The molecule has 12 heteroatoms. The van der Waals surface area contributed by atoms with Crippen molar-refractivity contribution >= 4 is 29.7 Å². The molecule has 0 aliphatic carbocycles. The molecule has 0 amide bonds. The summed E-state index contributed by atoms with van der Waals surface area (Å²) in [4.78, 5) is 15.9. The van der Waals surface area contributed by atoms with Crippen LogP contribution in [0, 0.1) is 11.7 Å². The minimum atomic E-state index is -0.452. The number of ether oxygens (including phenoxy) is 1. The Labute approximate surface area is 238 Å². The fourth-order valence-electron chi connectivity index (χ4n) is 5.14. The number of hydrogen-bond acceptors (Lipinski definition) is 9. The fourth-order valence-corrected chi connectivity index (χ4v) is 5.14. The van der Waals surface area contributed by atoms with Crippen molar-refractivity contribution in [2.75, 3.05) is 43.5 Å². The summed E-state index contributed by atoms with van der Waals surface area (Å²) in [6.07, 6.45) is 9.49. The Kier molecular flexibility index (Phi) is 8.43. The van der Waals surface area contributed by atoms with Crippen LogP contribution in [0.3, 0.4) is 0 Å². The zero-order valence-corrected chi connectivity index (χ0v) is 23.1. The first-order chi connectivity index (χ1) is 19.1. The van der Waals surface area contributed by atoms with E-state index in [9.17, 15) is 4.39 Å². The van der Waals surface area contributed by atoms with Gasteiger partial charge in [0.2, 0.25) is 0 Å². The van der Waals surface area contributed by atoms with Gasteiger partial charge in [-0.1, -0.05) is 6.07 Å². The van der Waals surface area contributed by atoms with Crippen LogP contribution in [0.2, 0.25) is 0 Å². The number of aromatic nitrogens is 5. The molecule has 0 bridgehead atoms. The summed E-state index contributed by atoms with van der Waals surface area (Å²) in [7, 11) is 1.49. The molecular formula is C28H33ClFN9O. The SMILES string of the molecule is COc1cccc(F)c1-c1nccc(Nc2cc(N3CCC[C@H](N)C3)c(-c3cnn(CC4CNC4)c3)cn2)n1.Cl. The van der Waals surface area contributed by atoms with E-state index >= 15 is 0 Å². The van der Waals surface area contributed by atoms with Crippen molar-refractivity contribution in [1.82, 2.24) is 30.0 Å². The molecule has 5 heterocycles. The minimum absolute atomic E-state index is 0. The van der Waals surface area contributed by atoms with Crippen molar-refractivity contribution in [2.45, 2.75) is 25.4 Å². The quantitative estimate of drug-likeness (QED) is 0.292. The van der Waals surface area contributed by atoms with Crippen LogP contribution < -0.4 is 26.0 Å². The first kappa shape index (κ1) is 27.8. The van der Waals surface area contributed by atoms with Crippen LogP contribution in [-0.4, -0.2) is 64.1 Å². The van der Waals surface area contributed by atoms with E-state index < -0.39 is 5.82 Å². The van der Waals surface area contributed by atoms with Gasteiger partial charge in [-0.3, -0.25) is 4.68 Å². The van der Waals surface area contributed by atoms with E-state index in [-0.39, 0.29) is 29.8 Å². The van der Waals surface area contributed by atoms with Crippen LogP contribution >= 0.6 is 12.4 Å². The zero-order chi connectivity index (χ0) is 26.8. The summed E-state index contributed by atoms with van der Waals surface area (Å²) in [5, 5.41) is 11.2. The lowest BCUT2D eigenvalue weighted by molar-refractivity contribution is 0.295. The number of nitrogens with one attached hydrogen (secondary N) is 2. The van der Waals surface area contributed by atoms with Gasteiger partial charge < -0.3 is 26.0 Å². The predicted octanol–water partition coefficient (Wildman–Crippen LogP) is 3.86. The van der Waals surface area contributed by atoms with Gasteiger partial charge in [-0.25, -0.2) is 19.3 Å². The monoisotopic (exact) mass is 565 g/mol. The Morgan fingerprint density at radius 2 is 2.05 bits per heavy atom. The number of methoxy groups -OCH3 is 1. The van der Waals surface area contributed by atoms with Gasteiger partial charge in [-0.15, -0.1) is 12.4 Å². The number of hydrogen-bond donors (Lipinski definition) is 3. The van der Waals surface area contributed by atoms with Crippen molar-refractivity contribution in [1.29, 1.82) is 0 Å². The summed E-state index contributed by atoms with van der Waals surface area (Å²) in [5.74, 6) is 1.87. The number of nitrogens with zero attached hydrogens (tertiary/aromatic N) is 6. The molecule has 6 rings (SSSR count). The molecule has 0 unspecified atom stereocenters. The molecule has 40 heavy (non-hydrogen) atoms. The van der Waals surface area contributed by atoms with Crippen LogP contribution in [0.5, 0.6) is 5.75 Å². The third kappa shape index (κ3) is 5.86. The molecule has 4 aromatic rings. The van der Waals surface area contributed by atoms with Gasteiger partial charge in [0, 0.05) is 86.2 Å². The molecule has 3 aromatic heterocycles. The van der Waals surface area contributed by atoms with E-state index in [1.54, 1.807) is 24.4 Å². The Balaban J connectivity index is 0.00000323. The third-order valence-corrected chi connectivity index (χ3v) is 7.27. The van der Waals surface area contributed by atoms with Gasteiger partial charge >= 0.3 is 0 Å². The summed E-state index contributed by atoms with van der Waals surface area (Å²) in [5.41, 5.74) is 9.63. The first-order valence-electron chi connectivity index (χ1n) is 13.2. The number of anilines is 3. The third-order valence-electron chi connectivity index (χ3n) is 7.27. The highest BCUT2D eigenvalue weighted by atomic mass is 35.5. The maximum absolute atomic E-state index is 14.7. The average Bonchev–Trinajstić information content (AvgIpc) is 3.39. The second-order valence-corrected chi connectivity index (χ2v) is 10.1. The van der Waals surface area contributed by atoms with Gasteiger partial charge in [0.15, 0.2) is 5.82 Å². The molecule has 210 valence electrons. The predicted molar refractivity (Wildman–Crippen MR) is 156 cm³/mol. The molecule has 4 N–H and O–H groups in total. The lowest BCUT2D eigenvalue weighted by Gasteiger charge is -2.34. The molecule has 2 saturated heterocycles. The number of halogens is 2. The number of piperidine rings is 1. The standard InChI is InChI=1S/C28H32FN9O.ClH/c1-39-24-6-2-5-22(29)27(24)28-32-8-7-25(36-28)35-26-10-23(37-9-3-4-20(30)17-37)21(14-33-26)19-13-34-38(16-19)15-18-11-31-12-18;/h2,5-8,10,13-14,16,18,20,31H,3-4,9,11-12,15,17,30H2,1H3,(H,32,33,35,36);1H/t20-;/m0./s1. The number of rotatable bonds is 8. The van der Waals surface area contributed by atoms with Crippen molar-refractivity contribution in [3.05, 3.63) is 60.9 Å². The van der Waals surface area contributed by atoms with E-state index in [2.05, 4.69) is 36.8 Å². The van der Waals surface area contributed by atoms with Crippen molar-refractivity contribution < 1.29 is 9.13 Å². The van der Waals surface area contributed by atoms with Gasteiger partial charge in [-0.05, 0) is 31.0 Å². The van der Waals surface area contributed by atoms with E-state index in [4.69, 9.17) is 15.5 Å². The van der Waals surface area contributed by atoms with Crippen LogP contribution in [0.1, 0.15) is 12.8 Å². The molecule has 1 aromatic carbocycles. The van der Waals surface area contributed by atoms with E-state index in [1.807, 2.05) is 23.1 Å². The smallest absolute Gasteiger partial charge is 0.168 e. The van der Waals surface area contributed by atoms with Gasteiger partial charge in [0.1, 0.15) is 23.2 Å². The Hall–Kier alpha value is -3.80. The Morgan fingerprint density at radius 1 is 1.18 bits per heavy atom. The topological polar surface area (TPSA) is 119 Å². The van der Waals surface area contributed by atoms with E-state index in [0.29, 0.717) is 23.3 Å². The maximum Gasteiger partial charge on any atom is 0.168 e. The zero-order valence-electron chi connectivity index (χ0n) is 22.3. The number of pyridine rings is 1. The molecular weight excluding hydrogens is 533 g/mol. The molecule has 2 aliphatic rings. The highest BCUT2D eigenvalue weighted by Crippen LogP contribution is 2.35.